The molecule has 1 saturated heterocycles. The molecule has 2 aromatic heterocycles. The van der Waals surface area contributed by atoms with Crippen LogP contribution in [-0.2, 0) is 6.54 Å². The van der Waals surface area contributed by atoms with Gasteiger partial charge in [0.15, 0.2) is 0 Å². The summed E-state index contributed by atoms with van der Waals surface area (Å²) in [6, 6.07) is 10.2. The molecule has 5 rings (SSSR count). The first-order valence-corrected chi connectivity index (χ1v) is 12.7. The molecular weight excluding hydrogens is 442 g/mol. The third kappa shape index (κ3) is 4.98. The van der Waals surface area contributed by atoms with Gasteiger partial charge in [0.25, 0.3) is 5.91 Å². The zero-order valence-electron chi connectivity index (χ0n) is 21.0. The van der Waals surface area contributed by atoms with E-state index in [1.54, 1.807) is 7.11 Å². The van der Waals surface area contributed by atoms with Gasteiger partial charge in [-0.1, -0.05) is 24.4 Å². The van der Waals surface area contributed by atoms with Gasteiger partial charge < -0.3 is 18.7 Å². The van der Waals surface area contributed by atoms with Crippen molar-refractivity contribution in [2.24, 2.45) is 0 Å². The number of carbonyl (C=O) groups is 1. The highest BCUT2D eigenvalue weighted by Crippen LogP contribution is 2.32. The van der Waals surface area contributed by atoms with Crippen molar-refractivity contribution < 1.29 is 14.1 Å². The van der Waals surface area contributed by atoms with Gasteiger partial charge in [-0.3, -0.25) is 9.69 Å². The molecule has 1 saturated carbocycles. The van der Waals surface area contributed by atoms with Crippen LogP contribution in [0.1, 0.15) is 65.8 Å². The fourth-order valence-corrected chi connectivity index (χ4v) is 5.54. The van der Waals surface area contributed by atoms with E-state index in [4.69, 9.17) is 9.26 Å². The average molecular weight is 478 g/mol. The highest BCUT2D eigenvalue weighted by Gasteiger charge is 2.28. The third-order valence-corrected chi connectivity index (χ3v) is 7.49. The van der Waals surface area contributed by atoms with E-state index in [9.17, 15) is 4.79 Å². The van der Waals surface area contributed by atoms with Crippen molar-refractivity contribution in [3.63, 3.8) is 0 Å². The molecule has 2 aliphatic rings. The van der Waals surface area contributed by atoms with E-state index < -0.39 is 0 Å². The van der Waals surface area contributed by atoms with E-state index in [1.807, 2.05) is 29.2 Å². The SMILES string of the molecule is COc1ccc(-c2noc(CN3CCN(C(=O)c4cc(C)n(C5CCCCC5)c4C)CC3)n2)cc1. The van der Waals surface area contributed by atoms with Crippen LogP contribution in [-0.4, -0.2) is 63.7 Å². The van der Waals surface area contributed by atoms with Crippen molar-refractivity contribution in [1.82, 2.24) is 24.5 Å². The molecule has 1 aromatic carbocycles. The maximum absolute atomic E-state index is 13.4. The monoisotopic (exact) mass is 477 g/mol. The van der Waals surface area contributed by atoms with Crippen molar-refractivity contribution in [2.75, 3.05) is 33.3 Å². The number of rotatable bonds is 6. The molecule has 1 amide bonds. The minimum absolute atomic E-state index is 0.152. The molecule has 8 nitrogen and oxygen atoms in total. The second-order valence-electron chi connectivity index (χ2n) is 9.76. The third-order valence-electron chi connectivity index (χ3n) is 7.49. The number of nitrogens with zero attached hydrogens (tertiary/aromatic N) is 5. The van der Waals surface area contributed by atoms with Gasteiger partial charge in [0.05, 0.1) is 19.2 Å². The van der Waals surface area contributed by atoms with Crippen LogP contribution < -0.4 is 4.74 Å². The van der Waals surface area contributed by atoms with Gasteiger partial charge in [0.1, 0.15) is 5.75 Å². The molecule has 0 bridgehead atoms. The maximum Gasteiger partial charge on any atom is 0.255 e. The van der Waals surface area contributed by atoms with Gasteiger partial charge in [-0.05, 0) is 57.0 Å². The van der Waals surface area contributed by atoms with Gasteiger partial charge in [-0.15, -0.1) is 0 Å². The fraction of sp³-hybridized carbons (Fsp3) is 0.519. The topological polar surface area (TPSA) is 76.6 Å². The Hall–Kier alpha value is -3.13. The lowest BCUT2D eigenvalue weighted by atomic mass is 9.95. The smallest absolute Gasteiger partial charge is 0.255 e. The Kier molecular flexibility index (Phi) is 6.90. The van der Waals surface area contributed by atoms with Gasteiger partial charge >= 0.3 is 0 Å². The standard InChI is InChI=1S/C27H35N5O3/c1-19-17-24(20(2)32(19)22-7-5-4-6-8-22)27(33)31-15-13-30(14-16-31)18-25-28-26(29-35-25)21-9-11-23(34-3)12-10-21/h9-12,17,22H,4-8,13-16,18H2,1-3H3. The van der Waals surface area contributed by atoms with Gasteiger partial charge in [0, 0.05) is 49.2 Å². The van der Waals surface area contributed by atoms with Crippen LogP contribution in [0.25, 0.3) is 11.4 Å². The molecule has 1 aliphatic carbocycles. The number of ether oxygens (including phenoxy) is 1. The first-order chi connectivity index (χ1) is 17.0. The molecule has 0 N–H and O–H groups in total. The molecule has 3 heterocycles. The Balaban J connectivity index is 1.18. The summed E-state index contributed by atoms with van der Waals surface area (Å²) in [7, 11) is 1.64. The molecule has 186 valence electrons. The van der Waals surface area contributed by atoms with Gasteiger partial charge in [0.2, 0.25) is 11.7 Å². The highest BCUT2D eigenvalue weighted by atomic mass is 16.5. The van der Waals surface area contributed by atoms with Crippen LogP contribution in [0.5, 0.6) is 5.75 Å². The molecule has 3 aromatic rings. The lowest BCUT2D eigenvalue weighted by molar-refractivity contribution is 0.0614. The number of methoxy groups -OCH3 is 1. The predicted octanol–water partition coefficient (Wildman–Crippen LogP) is 4.63. The van der Waals surface area contributed by atoms with Crippen LogP contribution in [0.3, 0.4) is 0 Å². The van der Waals surface area contributed by atoms with Gasteiger partial charge in [-0.2, -0.15) is 4.98 Å². The second kappa shape index (κ2) is 10.2. The second-order valence-corrected chi connectivity index (χ2v) is 9.76. The lowest BCUT2D eigenvalue weighted by Crippen LogP contribution is -2.48. The summed E-state index contributed by atoms with van der Waals surface area (Å²) in [6.45, 7) is 7.81. The highest BCUT2D eigenvalue weighted by molar-refractivity contribution is 5.95. The normalized spacial score (nSPS) is 17.6. The van der Waals surface area contributed by atoms with Crippen molar-refractivity contribution >= 4 is 5.91 Å². The number of amides is 1. The first kappa shape index (κ1) is 23.6. The van der Waals surface area contributed by atoms with Crippen LogP contribution >= 0.6 is 0 Å². The number of carbonyl (C=O) groups excluding carboxylic acids is 1. The Morgan fingerprint density at radius 3 is 2.46 bits per heavy atom. The minimum Gasteiger partial charge on any atom is -0.497 e. The molecule has 0 atom stereocenters. The van der Waals surface area contributed by atoms with E-state index in [0.29, 0.717) is 37.4 Å². The average Bonchev–Trinajstić information content (AvgIpc) is 3.48. The summed E-state index contributed by atoms with van der Waals surface area (Å²) in [4.78, 5) is 22.2. The number of aromatic nitrogens is 3. The van der Waals surface area contributed by atoms with E-state index in [-0.39, 0.29) is 5.91 Å². The van der Waals surface area contributed by atoms with Crippen molar-refractivity contribution in [3.05, 3.63) is 53.2 Å². The zero-order chi connectivity index (χ0) is 24.4. The molecular formula is C27H35N5O3. The zero-order valence-corrected chi connectivity index (χ0v) is 21.0. The molecule has 0 unspecified atom stereocenters. The number of hydrogen-bond acceptors (Lipinski definition) is 6. The Labute approximate surface area is 206 Å². The van der Waals surface area contributed by atoms with E-state index in [1.165, 1.54) is 37.8 Å². The van der Waals surface area contributed by atoms with E-state index >= 15 is 0 Å². The number of aryl methyl sites for hydroxylation is 1. The predicted molar refractivity (Wildman–Crippen MR) is 133 cm³/mol. The Morgan fingerprint density at radius 2 is 1.77 bits per heavy atom. The molecule has 1 aliphatic heterocycles. The van der Waals surface area contributed by atoms with Crippen molar-refractivity contribution in [1.29, 1.82) is 0 Å². The molecule has 35 heavy (non-hydrogen) atoms. The largest absolute Gasteiger partial charge is 0.497 e. The van der Waals surface area contributed by atoms with Crippen LogP contribution in [0.15, 0.2) is 34.9 Å². The summed E-state index contributed by atoms with van der Waals surface area (Å²) in [6.07, 6.45) is 6.35. The Morgan fingerprint density at radius 1 is 1.06 bits per heavy atom. The molecule has 2 fully saturated rings. The van der Waals surface area contributed by atoms with Crippen molar-refractivity contribution in [3.8, 4) is 17.1 Å². The van der Waals surface area contributed by atoms with E-state index in [0.717, 1.165) is 35.7 Å². The van der Waals surface area contributed by atoms with Crippen molar-refractivity contribution in [2.45, 2.75) is 58.5 Å². The minimum atomic E-state index is 0.152. The quantitative estimate of drug-likeness (QED) is 0.515. The van der Waals surface area contributed by atoms with E-state index in [2.05, 4.69) is 39.5 Å². The van der Waals surface area contributed by atoms with Crippen LogP contribution in [0, 0.1) is 13.8 Å². The number of benzene rings is 1. The Bertz CT molecular complexity index is 1150. The summed E-state index contributed by atoms with van der Waals surface area (Å²) in [5.74, 6) is 2.11. The molecule has 0 spiro atoms. The summed E-state index contributed by atoms with van der Waals surface area (Å²) < 4.78 is 13.1. The van der Waals surface area contributed by atoms with Crippen LogP contribution in [0.4, 0.5) is 0 Å². The fourth-order valence-electron chi connectivity index (χ4n) is 5.54. The molecule has 8 heteroatoms. The lowest BCUT2D eigenvalue weighted by Gasteiger charge is -2.34. The summed E-state index contributed by atoms with van der Waals surface area (Å²) >= 11 is 0. The number of hydrogen-bond donors (Lipinski definition) is 0. The first-order valence-electron chi connectivity index (χ1n) is 12.7. The molecule has 0 radical (unpaired) electrons. The summed E-state index contributed by atoms with van der Waals surface area (Å²) in [5.41, 5.74) is 4.09. The summed E-state index contributed by atoms with van der Waals surface area (Å²) in [5, 5.41) is 4.13. The number of piperazine rings is 1. The maximum atomic E-state index is 13.4. The van der Waals surface area contributed by atoms with Gasteiger partial charge in [-0.25, -0.2) is 0 Å². The van der Waals surface area contributed by atoms with Crippen LogP contribution in [0.2, 0.25) is 0 Å².